The van der Waals surface area contributed by atoms with E-state index in [1.54, 1.807) is 4.90 Å². The Morgan fingerprint density at radius 1 is 1.47 bits per heavy atom. The van der Waals surface area contributed by atoms with E-state index in [1.165, 1.54) is 0 Å². The number of likely N-dealkylation sites (tertiary alicyclic amines) is 1. The molecule has 1 aromatic carbocycles. The maximum atomic E-state index is 11.6. The summed E-state index contributed by atoms with van der Waals surface area (Å²) in [6.45, 7) is 3.73. The molecule has 1 aromatic rings. The number of carbonyl (C=O) groups is 1. The maximum Gasteiger partial charge on any atom is 0.410 e. The van der Waals surface area contributed by atoms with Gasteiger partial charge in [0.05, 0.1) is 0 Å². The van der Waals surface area contributed by atoms with Crippen LogP contribution >= 0.6 is 0 Å². The first-order valence-electron chi connectivity index (χ1n) is 5.88. The third-order valence-electron chi connectivity index (χ3n) is 3.12. The highest BCUT2D eigenvalue weighted by Crippen LogP contribution is 2.19. The molecule has 1 heterocycles. The van der Waals surface area contributed by atoms with E-state index in [9.17, 15) is 4.79 Å². The second kappa shape index (κ2) is 5.19. The average molecular weight is 234 g/mol. The highest BCUT2D eigenvalue weighted by Gasteiger charge is 2.33. The Labute approximate surface area is 101 Å². The Morgan fingerprint density at radius 2 is 2.12 bits per heavy atom. The molecule has 2 rings (SSSR count). The van der Waals surface area contributed by atoms with E-state index < -0.39 is 0 Å². The number of nitrogens with zero attached hydrogens (tertiary/aromatic N) is 1. The molecule has 92 valence electrons. The van der Waals surface area contributed by atoms with E-state index in [0.717, 1.165) is 5.56 Å². The minimum absolute atomic E-state index is 0.146. The van der Waals surface area contributed by atoms with E-state index in [0.29, 0.717) is 25.6 Å². The predicted octanol–water partition coefficient (Wildman–Crippen LogP) is 1.60. The second-order valence-electron chi connectivity index (χ2n) is 4.56. The van der Waals surface area contributed by atoms with Gasteiger partial charge in [-0.25, -0.2) is 4.79 Å². The Balaban J connectivity index is 1.73. The standard InChI is InChI=1S/C13H18N2O2/c1-10(14)12-7-15(8-12)13(16)17-9-11-5-3-2-4-6-11/h2-6,10,12H,7-9,14H2,1H3/t10-/m1/s1. The number of hydrogen-bond acceptors (Lipinski definition) is 3. The van der Waals surface area contributed by atoms with Gasteiger partial charge in [-0.2, -0.15) is 0 Å². The monoisotopic (exact) mass is 234 g/mol. The van der Waals surface area contributed by atoms with Crippen LogP contribution in [0.25, 0.3) is 0 Å². The van der Waals surface area contributed by atoms with Gasteiger partial charge in [0.15, 0.2) is 0 Å². The molecule has 2 N–H and O–H groups in total. The molecule has 4 heteroatoms. The lowest BCUT2D eigenvalue weighted by Crippen LogP contribution is -2.55. The molecule has 0 spiro atoms. The molecule has 0 aromatic heterocycles. The lowest BCUT2D eigenvalue weighted by molar-refractivity contribution is 0.0439. The highest BCUT2D eigenvalue weighted by atomic mass is 16.6. The molecule has 0 bridgehead atoms. The predicted molar refractivity (Wildman–Crippen MR) is 65.3 cm³/mol. The summed E-state index contributed by atoms with van der Waals surface area (Å²) in [4.78, 5) is 13.3. The van der Waals surface area contributed by atoms with Crippen LogP contribution in [0, 0.1) is 5.92 Å². The first-order valence-corrected chi connectivity index (χ1v) is 5.88. The van der Waals surface area contributed by atoms with Crippen LogP contribution < -0.4 is 5.73 Å². The van der Waals surface area contributed by atoms with Crippen molar-refractivity contribution in [2.45, 2.75) is 19.6 Å². The lowest BCUT2D eigenvalue weighted by Gasteiger charge is -2.40. The summed E-state index contributed by atoms with van der Waals surface area (Å²) in [5, 5.41) is 0. The quantitative estimate of drug-likeness (QED) is 0.864. The molecule has 1 atom stereocenters. The van der Waals surface area contributed by atoms with Gasteiger partial charge in [-0.05, 0) is 12.5 Å². The van der Waals surface area contributed by atoms with E-state index in [4.69, 9.17) is 10.5 Å². The SMILES string of the molecule is C[C@@H](N)C1CN(C(=O)OCc2ccccc2)C1. The van der Waals surface area contributed by atoms with Crippen LogP contribution in [0.4, 0.5) is 4.79 Å². The fraction of sp³-hybridized carbons (Fsp3) is 0.462. The molecule has 1 amide bonds. The summed E-state index contributed by atoms with van der Waals surface area (Å²) in [7, 11) is 0. The minimum atomic E-state index is -0.245. The van der Waals surface area contributed by atoms with E-state index in [2.05, 4.69) is 0 Å². The number of benzene rings is 1. The van der Waals surface area contributed by atoms with E-state index >= 15 is 0 Å². The number of ether oxygens (including phenoxy) is 1. The Bertz CT molecular complexity index is 372. The largest absolute Gasteiger partial charge is 0.445 e. The van der Waals surface area contributed by atoms with Gasteiger partial charge in [0.2, 0.25) is 0 Å². The highest BCUT2D eigenvalue weighted by molar-refractivity contribution is 5.68. The minimum Gasteiger partial charge on any atom is -0.445 e. The van der Waals surface area contributed by atoms with Crippen LogP contribution in [0.5, 0.6) is 0 Å². The molecular formula is C13H18N2O2. The number of hydrogen-bond donors (Lipinski definition) is 1. The van der Waals surface area contributed by atoms with Crippen molar-refractivity contribution in [3.05, 3.63) is 35.9 Å². The first-order chi connectivity index (χ1) is 8.16. The van der Waals surface area contributed by atoms with Gasteiger partial charge in [0.25, 0.3) is 0 Å². The van der Waals surface area contributed by atoms with Crippen molar-refractivity contribution in [2.24, 2.45) is 11.7 Å². The fourth-order valence-electron chi connectivity index (χ4n) is 1.80. The summed E-state index contributed by atoms with van der Waals surface area (Å²) >= 11 is 0. The van der Waals surface area contributed by atoms with Crippen molar-refractivity contribution in [3.63, 3.8) is 0 Å². The third kappa shape index (κ3) is 2.97. The number of nitrogens with two attached hydrogens (primary N) is 1. The van der Waals surface area contributed by atoms with Crippen molar-refractivity contribution in [2.75, 3.05) is 13.1 Å². The molecule has 0 radical (unpaired) electrons. The zero-order chi connectivity index (χ0) is 12.3. The number of carbonyl (C=O) groups excluding carboxylic acids is 1. The molecule has 1 aliphatic rings. The van der Waals surface area contributed by atoms with Crippen LogP contribution in [0.15, 0.2) is 30.3 Å². The summed E-state index contributed by atoms with van der Waals surface area (Å²) in [5.41, 5.74) is 6.75. The number of rotatable bonds is 3. The summed E-state index contributed by atoms with van der Waals surface area (Å²) in [5.74, 6) is 0.416. The summed E-state index contributed by atoms with van der Waals surface area (Å²) < 4.78 is 5.21. The van der Waals surface area contributed by atoms with Crippen molar-refractivity contribution in [1.82, 2.24) is 4.90 Å². The van der Waals surface area contributed by atoms with Gasteiger partial charge in [-0.1, -0.05) is 30.3 Å². The molecule has 0 aliphatic carbocycles. The van der Waals surface area contributed by atoms with Crippen molar-refractivity contribution >= 4 is 6.09 Å². The van der Waals surface area contributed by atoms with Crippen LogP contribution in [-0.2, 0) is 11.3 Å². The van der Waals surface area contributed by atoms with Gasteiger partial charge < -0.3 is 15.4 Å². The molecule has 1 saturated heterocycles. The lowest BCUT2D eigenvalue weighted by atomic mass is 9.94. The zero-order valence-corrected chi connectivity index (χ0v) is 10.0. The van der Waals surface area contributed by atoms with Gasteiger partial charge >= 0.3 is 6.09 Å². The second-order valence-corrected chi connectivity index (χ2v) is 4.56. The molecule has 0 saturated carbocycles. The van der Waals surface area contributed by atoms with Gasteiger partial charge in [0.1, 0.15) is 6.61 Å². The summed E-state index contributed by atoms with van der Waals surface area (Å²) in [6, 6.07) is 9.82. The molecule has 4 nitrogen and oxygen atoms in total. The van der Waals surface area contributed by atoms with E-state index in [1.807, 2.05) is 37.3 Å². The van der Waals surface area contributed by atoms with Gasteiger partial charge in [-0.3, -0.25) is 0 Å². The van der Waals surface area contributed by atoms with E-state index in [-0.39, 0.29) is 12.1 Å². The van der Waals surface area contributed by atoms with Crippen molar-refractivity contribution < 1.29 is 9.53 Å². The van der Waals surface area contributed by atoms with Crippen LogP contribution in [-0.4, -0.2) is 30.1 Å². The van der Waals surface area contributed by atoms with Crippen LogP contribution in [0.3, 0.4) is 0 Å². The van der Waals surface area contributed by atoms with Gasteiger partial charge in [-0.15, -0.1) is 0 Å². The number of amides is 1. The van der Waals surface area contributed by atoms with Crippen molar-refractivity contribution in [1.29, 1.82) is 0 Å². The average Bonchev–Trinajstić information content (AvgIpc) is 2.25. The van der Waals surface area contributed by atoms with Crippen LogP contribution in [0.1, 0.15) is 12.5 Å². The maximum absolute atomic E-state index is 11.6. The zero-order valence-electron chi connectivity index (χ0n) is 10.0. The van der Waals surface area contributed by atoms with Gasteiger partial charge in [0, 0.05) is 25.0 Å². The topological polar surface area (TPSA) is 55.6 Å². The van der Waals surface area contributed by atoms with Crippen LogP contribution in [0.2, 0.25) is 0 Å². The normalized spacial score (nSPS) is 17.4. The fourth-order valence-corrected chi connectivity index (χ4v) is 1.80. The molecule has 1 aliphatic heterocycles. The Morgan fingerprint density at radius 3 is 2.71 bits per heavy atom. The molecule has 0 unspecified atom stereocenters. The summed E-state index contributed by atoms with van der Waals surface area (Å²) in [6.07, 6.45) is -0.245. The molecule has 1 fully saturated rings. The Hall–Kier alpha value is -1.55. The smallest absolute Gasteiger partial charge is 0.410 e. The molecule has 17 heavy (non-hydrogen) atoms. The van der Waals surface area contributed by atoms with Crippen molar-refractivity contribution in [3.8, 4) is 0 Å². The Kier molecular flexibility index (Phi) is 3.64. The third-order valence-corrected chi connectivity index (χ3v) is 3.12. The molecular weight excluding hydrogens is 216 g/mol. The first kappa shape index (κ1) is 11.9.